The lowest BCUT2D eigenvalue weighted by molar-refractivity contribution is 0.0357. The maximum atomic E-state index is 13.6. The monoisotopic (exact) mass is 522 g/mol. The normalized spacial score (nSPS) is 13.8. The summed E-state index contributed by atoms with van der Waals surface area (Å²) in [5.41, 5.74) is 2.70. The maximum Gasteiger partial charge on any atom is 0.254 e. The molecule has 6 nitrogen and oxygen atoms in total. The highest BCUT2D eigenvalue weighted by molar-refractivity contribution is 6.30. The van der Waals surface area contributed by atoms with E-state index in [1.165, 1.54) is 5.56 Å². The van der Waals surface area contributed by atoms with Gasteiger partial charge in [0.15, 0.2) is 0 Å². The smallest absolute Gasteiger partial charge is 0.254 e. The lowest BCUT2D eigenvalue weighted by atomic mass is 10.1. The summed E-state index contributed by atoms with van der Waals surface area (Å²) in [6, 6.07) is 23.0. The molecule has 1 aliphatic heterocycles. The van der Waals surface area contributed by atoms with E-state index in [4.69, 9.17) is 25.8 Å². The molecule has 0 spiro atoms. The largest absolute Gasteiger partial charge is 0.497 e. The molecule has 196 valence electrons. The molecule has 37 heavy (non-hydrogen) atoms. The first-order valence-corrected chi connectivity index (χ1v) is 13.2. The highest BCUT2D eigenvalue weighted by atomic mass is 35.5. The number of carbonyl (C=O) groups excluding carboxylic acids is 1. The molecule has 7 heteroatoms. The van der Waals surface area contributed by atoms with Gasteiger partial charge < -0.3 is 19.1 Å². The van der Waals surface area contributed by atoms with E-state index in [0.29, 0.717) is 30.3 Å². The van der Waals surface area contributed by atoms with Gasteiger partial charge in [0.05, 0.1) is 26.9 Å². The third-order valence-corrected chi connectivity index (χ3v) is 6.75. The van der Waals surface area contributed by atoms with Crippen molar-refractivity contribution in [2.45, 2.75) is 19.4 Å². The predicted molar refractivity (Wildman–Crippen MR) is 147 cm³/mol. The van der Waals surface area contributed by atoms with Gasteiger partial charge in [0.1, 0.15) is 11.5 Å². The van der Waals surface area contributed by atoms with Gasteiger partial charge in [-0.05, 0) is 60.9 Å². The highest BCUT2D eigenvalue weighted by Crippen LogP contribution is 2.27. The molecule has 0 radical (unpaired) electrons. The summed E-state index contributed by atoms with van der Waals surface area (Å²) in [7, 11) is 1.65. The number of carbonyl (C=O) groups is 1. The Morgan fingerprint density at radius 1 is 1.03 bits per heavy atom. The molecule has 1 amide bonds. The number of morpholine rings is 1. The van der Waals surface area contributed by atoms with Gasteiger partial charge in [0.25, 0.3) is 5.91 Å². The molecule has 3 aromatic carbocycles. The lowest BCUT2D eigenvalue weighted by Crippen LogP contribution is -2.37. The van der Waals surface area contributed by atoms with E-state index in [1.54, 1.807) is 31.4 Å². The van der Waals surface area contributed by atoms with Crippen LogP contribution in [0.2, 0.25) is 5.02 Å². The van der Waals surface area contributed by atoms with E-state index < -0.39 is 0 Å². The molecule has 0 bridgehead atoms. The summed E-state index contributed by atoms with van der Waals surface area (Å²) in [6.07, 6.45) is 1.67. The zero-order chi connectivity index (χ0) is 25.9. The molecular formula is C30H35ClN2O4. The van der Waals surface area contributed by atoms with Crippen molar-refractivity contribution in [3.8, 4) is 11.5 Å². The molecular weight excluding hydrogens is 488 g/mol. The number of benzene rings is 3. The molecule has 0 N–H and O–H groups in total. The van der Waals surface area contributed by atoms with Gasteiger partial charge in [-0.15, -0.1) is 0 Å². The van der Waals surface area contributed by atoms with Crippen LogP contribution >= 0.6 is 11.6 Å². The van der Waals surface area contributed by atoms with Crippen LogP contribution in [0.1, 0.15) is 27.9 Å². The average molecular weight is 523 g/mol. The van der Waals surface area contributed by atoms with Crippen molar-refractivity contribution in [3.63, 3.8) is 0 Å². The minimum atomic E-state index is -0.0475. The van der Waals surface area contributed by atoms with Gasteiger partial charge in [-0.25, -0.2) is 0 Å². The van der Waals surface area contributed by atoms with Crippen molar-refractivity contribution in [2.24, 2.45) is 0 Å². The minimum Gasteiger partial charge on any atom is -0.497 e. The molecule has 1 saturated heterocycles. The number of ether oxygens (including phenoxy) is 3. The summed E-state index contributed by atoms with van der Waals surface area (Å²) < 4.78 is 17.1. The van der Waals surface area contributed by atoms with Crippen molar-refractivity contribution in [1.29, 1.82) is 0 Å². The summed E-state index contributed by atoms with van der Waals surface area (Å²) in [5, 5.41) is 0.605. The van der Waals surface area contributed by atoms with Gasteiger partial charge in [-0.1, -0.05) is 41.9 Å². The molecule has 1 aliphatic rings. The Kier molecular flexibility index (Phi) is 10.2. The van der Waals surface area contributed by atoms with E-state index in [-0.39, 0.29) is 5.91 Å². The molecule has 0 saturated carbocycles. The molecule has 0 unspecified atom stereocenters. The summed E-state index contributed by atoms with van der Waals surface area (Å²) in [5.74, 6) is 1.46. The lowest BCUT2D eigenvalue weighted by Gasteiger charge is -2.27. The highest BCUT2D eigenvalue weighted by Gasteiger charge is 2.19. The van der Waals surface area contributed by atoms with E-state index in [1.807, 2.05) is 41.3 Å². The fourth-order valence-electron chi connectivity index (χ4n) is 4.38. The van der Waals surface area contributed by atoms with Crippen LogP contribution in [0.25, 0.3) is 0 Å². The van der Waals surface area contributed by atoms with Crippen LogP contribution in [0.3, 0.4) is 0 Å². The van der Waals surface area contributed by atoms with Crippen molar-refractivity contribution in [1.82, 2.24) is 9.80 Å². The van der Waals surface area contributed by atoms with Crippen LogP contribution in [-0.2, 0) is 17.7 Å². The molecule has 3 aromatic rings. The Morgan fingerprint density at radius 3 is 2.51 bits per heavy atom. The quantitative estimate of drug-likeness (QED) is 0.301. The predicted octanol–water partition coefficient (Wildman–Crippen LogP) is 5.33. The molecule has 0 atom stereocenters. The van der Waals surface area contributed by atoms with Crippen LogP contribution in [-0.4, -0.2) is 68.8 Å². The number of hydrogen-bond acceptors (Lipinski definition) is 5. The van der Waals surface area contributed by atoms with Gasteiger partial charge in [0, 0.05) is 48.9 Å². The van der Waals surface area contributed by atoms with Crippen molar-refractivity contribution < 1.29 is 19.0 Å². The van der Waals surface area contributed by atoms with Gasteiger partial charge in [0.2, 0.25) is 0 Å². The summed E-state index contributed by atoms with van der Waals surface area (Å²) in [4.78, 5) is 17.8. The Labute approximate surface area is 224 Å². The Hall–Kier alpha value is -3.06. The fraction of sp³-hybridized carbons (Fsp3) is 0.367. The first-order chi connectivity index (χ1) is 18.1. The summed E-state index contributed by atoms with van der Waals surface area (Å²) >= 11 is 6.07. The van der Waals surface area contributed by atoms with Crippen LogP contribution in [0.5, 0.6) is 11.5 Å². The third kappa shape index (κ3) is 8.22. The van der Waals surface area contributed by atoms with Crippen molar-refractivity contribution >= 4 is 17.5 Å². The van der Waals surface area contributed by atoms with Crippen LogP contribution in [0.4, 0.5) is 0 Å². The zero-order valence-electron chi connectivity index (χ0n) is 21.4. The van der Waals surface area contributed by atoms with Crippen molar-refractivity contribution in [3.05, 3.63) is 94.5 Å². The maximum absolute atomic E-state index is 13.6. The fourth-order valence-corrected chi connectivity index (χ4v) is 4.51. The van der Waals surface area contributed by atoms with E-state index in [0.717, 1.165) is 62.8 Å². The Balaban J connectivity index is 1.48. The Morgan fingerprint density at radius 2 is 1.78 bits per heavy atom. The van der Waals surface area contributed by atoms with Crippen LogP contribution in [0.15, 0.2) is 72.8 Å². The van der Waals surface area contributed by atoms with Crippen molar-refractivity contribution in [2.75, 3.05) is 53.1 Å². The van der Waals surface area contributed by atoms with Gasteiger partial charge >= 0.3 is 0 Å². The summed E-state index contributed by atoms with van der Waals surface area (Å²) in [6.45, 7) is 6.09. The van der Waals surface area contributed by atoms with Crippen LogP contribution < -0.4 is 9.47 Å². The minimum absolute atomic E-state index is 0.0475. The van der Waals surface area contributed by atoms with Gasteiger partial charge in [-0.3, -0.25) is 9.69 Å². The first kappa shape index (κ1) is 27.0. The number of amides is 1. The molecule has 1 heterocycles. The standard InChI is InChI=1S/C30H35ClN2O4/c1-35-28-12-13-29(37-19-5-15-32-17-20-36-21-18-32)26(22-28)23-33(16-14-24-6-3-2-4-7-24)30(34)25-8-10-27(31)11-9-25/h2-4,6-13,22H,5,14-21,23H2,1H3. The number of halogens is 1. The molecule has 4 rings (SSSR count). The Bertz CT molecular complexity index is 1120. The number of hydrogen-bond donors (Lipinski definition) is 0. The molecule has 0 aromatic heterocycles. The first-order valence-electron chi connectivity index (χ1n) is 12.8. The van der Waals surface area contributed by atoms with E-state index in [2.05, 4.69) is 17.0 Å². The van der Waals surface area contributed by atoms with E-state index in [9.17, 15) is 4.79 Å². The van der Waals surface area contributed by atoms with Crippen LogP contribution in [0, 0.1) is 0 Å². The van der Waals surface area contributed by atoms with E-state index >= 15 is 0 Å². The van der Waals surface area contributed by atoms with Gasteiger partial charge in [-0.2, -0.15) is 0 Å². The zero-order valence-corrected chi connectivity index (χ0v) is 22.2. The second-order valence-corrected chi connectivity index (χ2v) is 9.54. The second kappa shape index (κ2) is 14.0. The molecule has 1 fully saturated rings. The second-order valence-electron chi connectivity index (χ2n) is 9.10. The number of rotatable bonds is 12. The number of nitrogens with zero attached hydrogens (tertiary/aromatic N) is 2. The molecule has 0 aliphatic carbocycles. The topological polar surface area (TPSA) is 51.2 Å². The number of methoxy groups -OCH3 is 1. The SMILES string of the molecule is COc1ccc(OCCCN2CCOCC2)c(CN(CCc2ccccc2)C(=O)c2ccc(Cl)cc2)c1. The third-order valence-electron chi connectivity index (χ3n) is 6.50. The average Bonchev–Trinajstić information content (AvgIpc) is 2.95.